The van der Waals surface area contributed by atoms with Gasteiger partial charge >= 0.3 is 6.09 Å². The first-order chi connectivity index (χ1) is 14.8. The highest BCUT2D eigenvalue weighted by Gasteiger charge is 2.32. The number of hydrogen-bond acceptors (Lipinski definition) is 5. The number of piperidine rings is 1. The van der Waals surface area contributed by atoms with Crippen LogP contribution in [0.5, 0.6) is 0 Å². The van der Waals surface area contributed by atoms with Crippen molar-refractivity contribution >= 4 is 11.8 Å². The van der Waals surface area contributed by atoms with Gasteiger partial charge in [-0.25, -0.2) is 4.79 Å². The molecule has 172 valence electrons. The van der Waals surface area contributed by atoms with Gasteiger partial charge in [0.15, 0.2) is 0 Å². The van der Waals surface area contributed by atoms with Gasteiger partial charge in [-0.2, -0.15) is 0 Å². The highest BCUT2D eigenvalue weighted by molar-refractivity contribution is 5.68. The van der Waals surface area contributed by atoms with E-state index in [0.29, 0.717) is 12.6 Å². The standard InChI is InChI=1S/C25H39N3O3/c1-19(2)31-24(29)28-12-9-25(3,4)23-6-5-22(17-20(23)18-28)26-10-7-21(8-11-26)27-13-15-30-16-14-27/h5-6,17,19,21H,7-16,18H2,1-4H3. The average Bonchev–Trinajstić information content (AvgIpc) is 2.89. The Balaban J connectivity index is 1.47. The first-order valence-electron chi connectivity index (χ1n) is 12.0. The van der Waals surface area contributed by atoms with Crippen molar-refractivity contribution in [3.63, 3.8) is 0 Å². The predicted octanol–water partition coefficient (Wildman–Crippen LogP) is 4.02. The predicted molar refractivity (Wildman–Crippen MR) is 124 cm³/mol. The zero-order valence-electron chi connectivity index (χ0n) is 19.7. The van der Waals surface area contributed by atoms with E-state index in [1.165, 1.54) is 29.7 Å². The van der Waals surface area contributed by atoms with E-state index in [2.05, 4.69) is 41.8 Å². The van der Waals surface area contributed by atoms with Crippen molar-refractivity contribution in [3.8, 4) is 0 Å². The lowest BCUT2D eigenvalue weighted by Gasteiger charge is -2.41. The quantitative estimate of drug-likeness (QED) is 0.726. The van der Waals surface area contributed by atoms with Gasteiger partial charge in [0.05, 0.1) is 19.3 Å². The van der Waals surface area contributed by atoms with Crippen LogP contribution in [0, 0.1) is 0 Å². The van der Waals surface area contributed by atoms with Gasteiger partial charge in [-0.15, -0.1) is 0 Å². The molecule has 31 heavy (non-hydrogen) atoms. The lowest BCUT2D eigenvalue weighted by molar-refractivity contribution is 0.0115. The van der Waals surface area contributed by atoms with Gasteiger partial charge in [0.25, 0.3) is 0 Å². The maximum absolute atomic E-state index is 12.6. The number of anilines is 1. The lowest BCUT2D eigenvalue weighted by Crippen LogP contribution is -2.49. The highest BCUT2D eigenvalue weighted by Crippen LogP contribution is 2.36. The van der Waals surface area contributed by atoms with Gasteiger partial charge in [0.1, 0.15) is 0 Å². The first-order valence-corrected chi connectivity index (χ1v) is 12.0. The summed E-state index contributed by atoms with van der Waals surface area (Å²) in [6, 6.07) is 7.60. The monoisotopic (exact) mass is 429 g/mol. The van der Waals surface area contributed by atoms with Crippen molar-refractivity contribution < 1.29 is 14.3 Å². The second-order valence-electron chi connectivity index (χ2n) is 10.2. The Bertz CT molecular complexity index is 765. The third-order valence-corrected chi connectivity index (χ3v) is 7.17. The van der Waals surface area contributed by atoms with E-state index in [0.717, 1.165) is 52.4 Å². The number of fused-ring (bicyclic) bond motifs is 1. The Morgan fingerprint density at radius 2 is 1.81 bits per heavy atom. The van der Waals surface area contributed by atoms with Gasteiger partial charge < -0.3 is 19.3 Å². The smallest absolute Gasteiger partial charge is 0.410 e. The third-order valence-electron chi connectivity index (χ3n) is 7.17. The summed E-state index contributed by atoms with van der Waals surface area (Å²) in [6.07, 6.45) is 3.06. The third kappa shape index (κ3) is 5.17. The van der Waals surface area contributed by atoms with E-state index in [4.69, 9.17) is 9.47 Å². The van der Waals surface area contributed by atoms with E-state index < -0.39 is 0 Å². The molecule has 0 spiro atoms. The maximum Gasteiger partial charge on any atom is 0.410 e. The van der Waals surface area contributed by atoms with Crippen LogP contribution in [-0.2, 0) is 21.4 Å². The van der Waals surface area contributed by atoms with Gasteiger partial charge in [0, 0.05) is 51.0 Å². The van der Waals surface area contributed by atoms with Gasteiger partial charge in [0.2, 0.25) is 0 Å². The second kappa shape index (κ2) is 9.37. The molecule has 0 aliphatic carbocycles. The van der Waals surface area contributed by atoms with Crippen LogP contribution in [-0.4, -0.2) is 74.0 Å². The number of rotatable bonds is 3. The van der Waals surface area contributed by atoms with Crippen molar-refractivity contribution in [2.45, 2.75) is 71.1 Å². The molecule has 4 rings (SSSR count). The molecule has 3 aliphatic rings. The van der Waals surface area contributed by atoms with Gasteiger partial charge in [-0.3, -0.25) is 4.90 Å². The van der Waals surface area contributed by atoms with Crippen molar-refractivity contribution in [1.29, 1.82) is 0 Å². The second-order valence-corrected chi connectivity index (χ2v) is 10.2. The van der Waals surface area contributed by atoms with Crippen molar-refractivity contribution in [2.75, 3.05) is 50.8 Å². The molecule has 0 saturated carbocycles. The molecule has 2 fully saturated rings. The number of hydrogen-bond donors (Lipinski definition) is 0. The highest BCUT2D eigenvalue weighted by atomic mass is 16.6. The molecule has 0 atom stereocenters. The van der Waals surface area contributed by atoms with Crippen molar-refractivity contribution in [3.05, 3.63) is 29.3 Å². The minimum Gasteiger partial charge on any atom is -0.447 e. The molecular weight excluding hydrogens is 390 g/mol. The summed E-state index contributed by atoms with van der Waals surface area (Å²) in [7, 11) is 0. The molecule has 1 aromatic carbocycles. The lowest BCUT2D eigenvalue weighted by atomic mass is 9.80. The minimum absolute atomic E-state index is 0.0457. The maximum atomic E-state index is 12.6. The van der Waals surface area contributed by atoms with E-state index in [-0.39, 0.29) is 17.6 Å². The Morgan fingerprint density at radius 1 is 1.10 bits per heavy atom. The molecule has 3 aliphatic heterocycles. The summed E-state index contributed by atoms with van der Waals surface area (Å²) in [5, 5.41) is 0. The van der Waals surface area contributed by atoms with Crippen LogP contribution in [0.25, 0.3) is 0 Å². The summed E-state index contributed by atoms with van der Waals surface area (Å²) >= 11 is 0. The average molecular weight is 430 g/mol. The number of nitrogens with zero attached hydrogens (tertiary/aromatic N) is 3. The largest absolute Gasteiger partial charge is 0.447 e. The minimum atomic E-state index is -0.199. The van der Waals surface area contributed by atoms with Crippen LogP contribution in [0.3, 0.4) is 0 Å². The van der Waals surface area contributed by atoms with Crippen molar-refractivity contribution in [2.24, 2.45) is 0 Å². The molecule has 0 radical (unpaired) electrons. The topological polar surface area (TPSA) is 45.2 Å². The molecule has 1 aromatic rings. The summed E-state index contributed by atoms with van der Waals surface area (Å²) in [5.74, 6) is 0. The van der Waals surface area contributed by atoms with E-state index >= 15 is 0 Å². The molecule has 0 bridgehead atoms. The molecule has 1 amide bonds. The number of carbonyl (C=O) groups is 1. The Labute approximate surface area is 187 Å². The zero-order chi connectivity index (χ0) is 22.0. The molecular formula is C25H39N3O3. The van der Waals surface area contributed by atoms with E-state index in [1.807, 2.05) is 18.7 Å². The fourth-order valence-electron chi connectivity index (χ4n) is 5.27. The first kappa shape index (κ1) is 22.4. The molecule has 6 heteroatoms. The van der Waals surface area contributed by atoms with Crippen LogP contribution in [0.1, 0.15) is 58.1 Å². The fraction of sp³-hybridized carbons (Fsp3) is 0.720. The van der Waals surface area contributed by atoms with E-state index in [9.17, 15) is 4.79 Å². The zero-order valence-corrected chi connectivity index (χ0v) is 19.7. The van der Waals surface area contributed by atoms with E-state index in [1.54, 1.807) is 0 Å². The summed E-state index contributed by atoms with van der Waals surface area (Å²) in [4.78, 5) is 19.6. The molecule has 6 nitrogen and oxygen atoms in total. The summed E-state index contributed by atoms with van der Waals surface area (Å²) in [6.45, 7) is 15.8. The SMILES string of the molecule is CC(C)OC(=O)N1CCC(C)(C)c2ccc(N3CCC(N4CCOCC4)CC3)cc2C1. The number of carbonyl (C=O) groups excluding carboxylic acids is 1. The Morgan fingerprint density at radius 3 is 2.48 bits per heavy atom. The number of morpholine rings is 1. The normalized spacial score (nSPS) is 22.9. The van der Waals surface area contributed by atoms with Crippen LogP contribution >= 0.6 is 0 Å². The Hall–Kier alpha value is -1.79. The molecule has 0 unspecified atom stereocenters. The summed E-state index contributed by atoms with van der Waals surface area (Å²) in [5.41, 5.74) is 3.95. The molecule has 0 aromatic heterocycles. The van der Waals surface area contributed by atoms with Crippen LogP contribution in [0.4, 0.5) is 10.5 Å². The van der Waals surface area contributed by atoms with Crippen molar-refractivity contribution in [1.82, 2.24) is 9.80 Å². The fourth-order valence-corrected chi connectivity index (χ4v) is 5.27. The Kier molecular flexibility index (Phi) is 6.77. The number of amides is 1. The van der Waals surface area contributed by atoms with Gasteiger partial charge in [-0.1, -0.05) is 19.9 Å². The van der Waals surface area contributed by atoms with Crippen LogP contribution in [0.2, 0.25) is 0 Å². The van der Waals surface area contributed by atoms with Crippen LogP contribution in [0.15, 0.2) is 18.2 Å². The molecule has 0 N–H and O–H groups in total. The molecule has 2 saturated heterocycles. The number of benzene rings is 1. The molecule has 3 heterocycles. The summed E-state index contributed by atoms with van der Waals surface area (Å²) < 4.78 is 11.0. The van der Waals surface area contributed by atoms with Crippen LogP contribution < -0.4 is 4.90 Å². The van der Waals surface area contributed by atoms with Gasteiger partial charge in [-0.05, 0) is 61.8 Å². The number of ether oxygens (including phenoxy) is 2.